The van der Waals surface area contributed by atoms with E-state index in [1.165, 1.54) is 0 Å². The molecule has 0 aromatic carbocycles. The maximum Gasteiger partial charge on any atom is 0.271 e. The summed E-state index contributed by atoms with van der Waals surface area (Å²) in [7, 11) is 0. The molecule has 82 valence electrons. The predicted octanol–water partition coefficient (Wildman–Crippen LogP) is 0.219. The van der Waals surface area contributed by atoms with Gasteiger partial charge >= 0.3 is 0 Å². The highest BCUT2D eigenvalue weighted by atomic mass is 16.2. The van der Waals surface area contributed by atoms with Crippen LogP contribution in [0.3, 0.4) is 0 Å². The van der Waals surface area contributed by atoms with Crippen molar-refractivity contribution in [3.8, 4) is 0 Å². The van der Waals surface area contributed by atoms with Gasteiger partial charge in [-0.3, -0.25) is 9.89 Å². The van der Waals surface area contributed by atoms with Crippen molar-refractivity contribution in [1.29, 1.82) is 0 Å². The van der Waals surface area contributed by atoms with E-state index in [0.717, 1.165) is 0 Å². The molecule has 1 saturated heterocycles. The molecule has 0 aliphatic carbocycles. The van der Waals surface area contributed by atoms with Gasteiger partial charge in [0, 0.05) is 19.3 Å². The van der Waals surface area contributed by atoms with Gasteiger partial charge in [-0.25, -0.2) is 0 Å². The second-order valence-corrected chi connectivity index (χ2v) is 4.52. The molecule has 0 bridgehead atoms. The molecular formula is C10H16N4O. The molecular weight excluding hydrogens is 192 g/mol. The molecule has 0 unspecified atom stereocenters. The molecule has 1 aromatic rings. The summed E-state index contributed by atoms with van der Waals surface area (Å²) < 4.78 is 0. The number of aromatic nitrogens is 2. The van der Waals surface area contributed by atoms with Gasteiger partial charge in [0.25, 0.3) is 5.91 Å². The van der Waals surface area contributed by atoms with Gasteiger partial charge < -0.3 is 10.6 Å². The summed E-state index contributed by atoms with van der Waals surface area (Å²) in [5.41, 5.74) is 6.42. The predicted molar refractivity (Wildman–Crippen MR) is 56.2 cm³/mol. The van der Waals surface area contributed by atoms with E-state index in [-0.39, 0.29) is 11.4 Å². The van der Waals surface area contributed by atoms with Gasteiger partial charge in [-0.05, 0) is 12.0 Å². The number of amides is 1. The average molecular weight is 208 g/mol. The van der Waals surface area contributed by atoms with E-state index in [4.69, 9.17) is 5.73 Å². The van der Waals surface area contributed by atoms with Crippen LogP contribution in [-0.2, 0) is 0 Å². The quantitative estimate of drug-likeness (QED) is 0.730. The molecule has 2 heterocycles. The molecule has 3 N–H and O–H groups in total. The van der Waals surface area contributed by atoms with Gasteiger partial charge in [0.05, 0.1) is 5.54 Å². The monoisotopic (exact) mass is 208 g/mol. The van der Waals surface area contributed by atoms with Crippen molar-refractivity contribution >= 4 is 5.91 Å². The van der Waals surface area contributed by atoms with Crippen molar-refractivity contribution < 1.29 is 4.79 Å². The Balaban J connectivity index is 1.98. The third-order valence-electron chi connectivity index (χ3n) is 3.14. The zero-order valence-corrected chi connectivity index (χ0v) is 9.03. The molecule has 0 saturated carbocycles. The van der Waals surface area contributed by atoms with Gasteiger partial charge in [0.15, 0.2) is 0 Å². The fourth-order valence-electron chi connectivity index (χ4n) is 1.72. The van der Waals surface area contributed by atoms with Crippen molar-refractivity contribution in [3.05, 3.63) is 18.0 Å². The zero-order chi connectivity index (χ0) is 11.1. The molecule has 0 radical (unpaired) electrons. The van der Waals surface area contributed by atoms with Crippen LogP contribution in [0, 0.1) is 5.92 Å². The molecule has 1 aliphatic heterocycles. The van der Waals surface area contributed by atoms with Crippen molar-refractivity contribution in [2.45, 2.75) is 19.4 Å². The van der Waals surface area contributed by atoms with E-state index in [0.29, 0.717) is 24.7 Å². The van der Waals surface area contributed by atoms with Crippen molar-refractivity contribution in [1.82, 2.24) is 15.1 Å². The Morgan fingerprint density at radius 3 is 2.80 bits per heavy atom. The van der Waals surface area contributed by atoms with Gasteiger partial charge in [0.2, 0.25) is 0 Å². The molecule has 1 amide bonds. The van der Waals surface area contributed by atoms with Crippen LogP contribution in [0.1, 0.15) is 24.3 Å². The number of rotatable bonds is 2. The summed E-state index contributed by atoms with van der Waals surface area (Å²) in [5, 5.41) is 6.41. The van der Waals surface area contributed by atoms with E-state index in [1.54, 1.807) is 17.2 Å². The SMILES string of the molecule is CC(C)C1(N)CN(C(=O)c2ccn[nH]2)C1. The summed E-state index contributed by atoms with van der Waals surface area (Å²) in [5.74, 6) is 0.373. The van der Waals surface area contributed by atoms with Crippen LogP contribution in [0.2, 0.25) is 0 Å². The fourth-order valence-corrected chi connectivity index (χ4v) is 1.72. The van der Waals surface area contributed by atoms with Gasteiger partial charge in [-0.15, -0.1) is 0 Å². The molecule has 1 aliphatic rings. The average Bonchev–Trinajstić information content (AvgIpc) is 2.64. The lowest BCUT2D eigenvalue weighted by atomic mass is 9.80. The normalized spacial score (nSPS) is 19.1. The number of carbonyl (C=O) groups excluding carboxylic acids is 1. The Kier molecular flexibility index (Phi) is 2.26. The minimum absolute atomic E-state index is 0.0192. The maximum atomic E-state index is 11.8. The summed E-state index contributed by atoms with van der Waals surface area (Å²) >= 11 is 0. The van der Waals surface area contributed by atoms with E-state index < -0.39 is 0 Å². The summed E-state index contributed by atoms with van der Waals surface area (Å²) in [6.45, 7) is 5.42. The topological polar surface area (TPSA) is 75.0 Å². The Hall–Kier alpha value is -1.36. The maximum absolute atomic E-state index is 11.8. The first-order valence-electron chi connectivity index (χ1n) is 5.10. The lowest BCUT2D eigenvalue weighted by Crippen LogP contribution is -2.71. The van der Waals surface area contributed by atoms with E-state index >= 15 is 0 Å². The highest BCUT2D eigenvalue weighted by molar-refractivity contribution is 5.93. The van der Waals surface area contributed by atoms with Gasteiger partial charge in [0.1, 0.15) is 5.69 Å². The van der Waals surface area contributed by atoms with Crippen molar-refractivity contribution in [2.24, 2.45) is 11.7 Å². The van der Waals surface area contributed by atoms with E-state index in [2.05, 4.69) is 24.0 Å². The summed E-state index contributed by atoms with van der Waals surface area (Å²) in [4.78, 5) is 13.5. The Morgan fingerprint density at radius 1 is 1.67 bits per heavy atom. The first-order chi connectivity index (χ1) is 7.03. The molecule has 1 fully saturated rings. The van der Waals surface area contributed by atoms with Crippen molar-refractivity contribution in [3.63, 3.8) is 0 Å². The number of nitrogens with zero attached hydrogens (tertiary/aromatic N) is 2. The van der Waals surface area contributed by atoms with Crippen LogP contribution in [0.5, 0.6) is 0 Å². The number of nitrogens with two attached hydrogens (primary N) is 1. The Labute approximate surface area is 88.6 Å². The number of nitrogens with one attached hydrogen (secondary N) is 1. The second-order valence-electron chi connectivity index (χ2n) is 4.52. The number of carbonyl (C=O) groups is 1. The number of likely N-dealkylation sites (tertiary alicyclic amines) is 1. The Bertz CT molecular complexity index is 352. The van der Waals surface area contributed by atoms with Gasteiger partial charge in [-0.1, -0.05) is 13.8 Å². The highest BCUT2D eigenvalue weighted by Gasteiger charge is 2.44. The highest BCUT2D eigenvalue weighted by Crippen LogP contribution is 2.26. The van der Waals surface area contributed by atoms with Crippen LogP contribution in [0.25, 0.3) is 0 Å². The molecule has 15 heavy (non-hydrogen) atoms. The molecule has 1 aromatic heterocycles. The summed E-state index contributed by atoms with van der Waals surface area (Å²) in [6.07, 6.45) is 1.57. The summed E-state index contributed by atoms with van der Waals surface area (Å²) in [6, 6.07) is 1.67. The van der Waals surface area contributed by atoms with Crippen LogP contribution < -0.4 is 5.73 Å². The van der Waals surface area contributed by atoms with Crippen LogP contribution in [0.15, 0.2) is 12.3 Å². The fraction of sp³-hybridized carbons (Fsp3) is 0.600. The van der Waals surface area contributed by atoms with Crippen molar-refractivity contribution in [2.75, 3.05) is 13.1 Å². The van der Waals surface area contributed by atoms with Gasteiger partial charge in [-0.2, -0.15) is 5.10 Å². The zero-order valence-electron chi connectivity index (χ0n) is 9.03. The first kappa shape index (κ1) is 10.2. The number of aromatic amines is 1. The van der Waals surface area contributed by atoms with Crippen LogP contribution in [-0.4, -0.2) is 39.6 Å². The minimum Gasteiger partial charge on any atom is -0.333 e. The molecule has 5 nitrogen and oxygen atoms in total. The van der Waals surface area contributed by atoms with E-state index in [1.807, 2.05) is 0 Å². The first-order valence-corrected chi connectivity index (χ1v) is 5.10. The number of H-pyrrole nitrogens is 1. The van der Waals surface area contributed by atoms with Crippen LogP contribution >= 0.6 is 0 Å². The Morgan fingerprint density at radius 2 is 2.33 bits per heavy atom. The largest absolute Gasteiger partial charge is 0.333 e. The lowest BCUT2D eigenvalue weighted by Gasteiger charge is -2.50. The molecule has 5 heteroatoms. The standard InChI is InChI=1S/C10H16N4O/c1-7(2)10(11)5-14(6-10)9(15)8-3-4-12-13-8/h3-4,7H,5-6,11H2,1-2H3,(H,12,13). The second kappa shape index (κ2) is 3.34. The van der Waals surface area contributed by atoms with Crippen LogP contribution in [0.4, 0.5) is 0 Å². The lowest BCUT2D eigenvalue weighted by molar-refractivity contribution is 0.0270. The number of hydrogen-bond acceptors (Lipinski definition) is 3. The third kappa shape index (κ3) is 1.63. The molecule has 0 atom stereocenters. The molecule has 0 spiro atoms. The third-order valence-corrected chi connectivity index (χ3v) is 3.14. The smallest absolute Gasteiger partial charge is 0.271 e. The van der Waals surface area contributed by atoms with E-state index in [9.17, 15) is 4.79 Å². The molecule has 2 rings (SSSR count). The number of hydrogen-bond donors (Lipinski definition) is 2. The minimum atomic E-state index is -0.213.